The lowest BCUT2D eigenvalue weighted by atomic mass is 10.0. The van der Waals surface area contributed by atoms with Gasteiger partial charge in [-0.05, 0) is 44.9 Å². The average molecular weight is 1020 g/mol. The number of unbranched alkanes of at least 4 members (excludes halogenated alkanes) is 48. The van der Waals surface area contributed by atoms with E-state index in [0.717, 1.165) is 57.8 Å². The van der Waals surface area contributed by atoms with Crippen LogP contribution in [0.3, 0.4) is 0 Å². The molecule has 0 aromatic rings. The predicted molar refractivity (Wildman–Crippen MR) is 312 cm³/mol. The molecule has 6 heteroatoms. The van der Waals surface area contributed by atoms with Crippen LogP contribution >= 0.6 is 0 Å². The second kappa shape index (κ2) is 61.7. The minimum absolute atomic E-state index is 0.0652. The Balaban J connectivity index is 4.02. The highest BCUT2D eigenvalue weighted by molar-refractivity contribution is 5.71. The standard InChI is InChI=1S/C66H126O6/c1-4-7-10-13-16-18-20-22-24-26-28-29-30-31-32-33-34-35-36-38-39-41-43-45-47-50-53-56-59-65(68)71-62-63(61-70-64(67)58-55-52-49-15-12-9-6-3)72-66(69)60-57-54-51-48-46-44-42-40-37-27-25-23-21-19-17-14-11-8-5-2/h23,25,63H,4-22,24,26-62H2,1-3H3/b25-23-. The van der Waals surface area contributed by atoms with Gasteiger partial charge in [0.25, 0.3) is 0 Å². The van der Waals surface area contributed by atoms with Crippen LogP contribution in [0.5, 0.6) is 0 Å². The Morgan fingerprint density at radius 2 is 0.458 bits per heavy atom. The normalized spacial score (nSPS) is 12.0. The van der Waals surface area contributed by atoms with Crippen molar-refractivity contribution in [2.24, 2.45) is 0 Å². The first-order chi connectivity index (χ1) is 35.5. The van der Waals surface area contributed by atoms with Crippen molar-refractivity contribution in [3.63, 3.8) is 0 Å². The number of carbonyl (C=O) groups excluding carboxylic acids is 3. The van der Waals surface area contributed by atoms with Crippen LogP contribution in [0.15, 0.2) is 12.2 Å². The van der Waals surface area contributed by atoms with Gasteiger partial charge < -0.3 is 14.2 Å². The van der Waals surface area contributed by atoms with Gasteiger partial charge in [-0.25, -0.2) is 0 Å². The molecule has 0 aromatic heterocycles. The smallest absolute Gasteiger partial charge is 0.306 e. The zero-order chi connectivity index (χ0) is 52.2. The number of carbonyl (C=O) groups is 3. The van der Waals surface area contributed by atoms with Crippen LogP contribution in [0, 0.1) is 0 Å². The topological polar surface area (TPSA) is 78.9 Å². The first-order valence-electron chi connectivity index (χ1n) is 32.7. The second-order valence-corrected chi connectivity index (χ2v) is 22.4. The molecule has 0 aliphatic carbocycles. The molecule has 72 heavy (non-hydrogen) atoms. The summed E-state index contributed by atoms with van der Waals surface area (Å²) in [5.74, 6) is -0.848. The van der Waals surface area contributed by atoms with E-state index in [-0.39, 0.29) is 31.1 Å². The molecule has 1 unspecified atom stereocenters. The van der Waals surface area contributed by atoms with E-state index in [1.807, 2.05) is 0 Å². The summed E-state index contributed by atoms with van der Waals surface area (Å²) in [6.07, 6.45) is 72.6. The summed E-state index contributed by atoms with van der Waals surface area (Å²) in [6, 6.07) is 0. The largest absolute Gasteiger partial charge is 0.462 e. The molecule has 0 saturated carbocycles. The van der Waals surface area contributed by atoms with Crippen LogP contribution in [0.4, 0.5) is 0 Å². The lowest BCUT2D eigenvalue weighted by molar-refractivity contribution is -0.167. The van der Waals surface area contributed by atoms with Crippen molar-refractivity contribution >= 4 is 17.9 Å². The Morgan fingerprint density at radius 1 is 0.264 bits per heavy atom. The van der Waals surface area contributed by atoms with Crippen LogP contribution < -0.4 is 0 Å². The van der Waals surface area contributed by atoms with E-state index in [0.29, 0.717) is 19.3 Å². The van der Waals surface area contributed by atoms with Gasteiger partial charge in [0.2, 0.25) is 0 Å². The van der Waals surface area contributed by atoms with Crippen molar-refractivity contribution in [2.75, 3.05) is 13.2 Å². The average Bonchev–Trinajstić information content (AvgIpc) is 3.38. The molecule has 0 bridgehead atoms. The lowest BCUT2D eigenvalue weighted by Crippen LogP contribution is -2.30. The first kappa shape index (κ1) is 70.1. The summed E-state index contributed by atoms with van der Waals surface area (Å²) < 4.78 is 16.9. The zero-order valence-electron chi connectivity index (χ0n) is 49.0. The Hall–Kier alpha value is -1.85. The maximum Gasteiger partial charge on any atom is 0.306 e. The number of hydrogen-bond donors (Lipinski definition) is 0. The Bertz CT molecular complexity index is 1120. The monoisotopic (exact) mass is 1010 g/mol. The van der Waals surface area contributed by atoms with Gasteiger partial charge in [-0.2, -0.15) is 0 Å². The number of hydrogen-bond acceptors (Lipinski definition) is 6. The van der Waals surface area contributed by atoms with Crippen LogP contribution in [0.25, 0.3) is 0 Å². The summed E-state index contributed by atoms with van der Waals surface area (Å²) in [6.45, 7) is 6.66. The molecule has 426 valence electrons. The summed E-state index contributed by atoms with van der Waals surface area (Å²) in [5, 5.41) is 0. The second-order valence-electron chi connectivity index (χ2n) is 22.4. The van der Waals surface area contributed by atoms with Gasteiger partial charge >= 0.3 is 17.9 Å². The highest BCUT2D eigenvalue weighted by Gasteiger charge is 2.19. The molecule has 0 heterocycles. The molecule has 0 spiro atoms. The Labute approximate surface area is 450 Å². The van der Waals surface area contributed by atoms with E-state index in [4.69, 9.17) is 14.2 Å². The van der Waals surface area contributed by atoms with E-state index in [1.165, 1.54) is 276 Å². The van der Waals surface area contributed by atoms with Gasteiger partial charge in [-0.3, -0.25) is 14.4 Å². The van der Waals surface area contributed by atoms with E-state index in [2.05, 4.69) is 32.9 Å². The number of allylic oxidation sites excluding steroid dienone is 2. The quantitative estimate of drug-likeness (QED) is 0.0261. The van der Waals surface area contributed by atoms with Crippen LogP contribution in [0.1, 0.15) is 374 Å². The minimum atomic E-state index is -0.765. The minimum Gasteiger partial charge on any atom is -0.462 e. The van der Waals surface area contributed by atoms with E-state index in [1.54, 1.807) is 0 Å². The fraction of sp³-hybridized carbons (Fsp3) is 0.924. The van der Waals surface area contributed by atoms with Gasteiger partial charge in [0.1, 0.15) is 13.2 Å². The van der Waals surface area contributed by atoms with Crippen molar-refractivity contribution in [1.29, 1.82) is 0 Å². The zero-order valence-corrected chi connectivity index (χ0v) is 49.0. The Kier molecular flexibility index (Phi) is 60.1. The summed E-state index contributed by atoms with van der Waals surface area (Å²) in [7, 11) is 0. The third-order valence-electron chi connectivity index (χ3n) is 15.0. The summed E-state index contributed by atoms with van der Waals surface area (Å²) in [4.78, 5) is 38.1. The fourth-order valence-corrected chi connectivity index (χ4v) is 10.1. The molecular formula is C66H126O6. The van der Waals surface area contributed by atoms with Crippen molar-refractivity contribution in [2.45, 2.75) is 380 Å². The predicted octanol–water partition coefficient (Wildman–Crippen LogP) is 22.1. The van der Waals surface area contributed by atoms with Crippen LogP contribution in [-0.2, 0) is 28.6 Å². The van der Waals surface area contributed by atoms with E-state index in [9.17, 15) is 14.4 Å². The van der Waals surface area contributed by atoms with Gasteiger partial charge in [0, 0.05) is 19.3 Å². The third kappa shape index (κ3) is 59.0. The lowest BCUT2D eigenvalue weighted by Gasteiger charge is -2.18. The van der Waals surface area contributed by atoms with Crippen LogP contribution in [-0.4, -0.2) is 37.2 Å². The molecular weight excluding hydrogens is 889 g/mol. The molecule has 0 fully saturated rings. The molecule has 0 amide bonds. The highest BCUT2D eigenvalue weighted by atomic mass is 16.6. The molecule has 0 saturated heterocycles. The van der Waals surface area contributed by atoms with Crippen molar-refractivity contribution in [1.82, 2.24) is 0 Å². The SMILES string of the molecule is CCCCCCCC/C=C\CCCCCCCCCCCC(=O)OC(COC(=O)CCCCCCCCC)COC(=O)CCCCCCCCCCCCCCCCCCCCCCCCCCCCCC. The summed E-state index contributed by atoms with van der Waals surface area (Å²) >= 11 is 0. The van der Waals surface area contributed by atoms with Gasteiger partial charge in [0.05, 0.1) is 0 Å². The molecule has 6 nitrogen and oxygen atoms in total. The third-order valence-corrected chi connectivity index (χ3v) is 15.0. The molecule has 0 aromatic carbocycles. The molecule has 0 aliphatic rings. The molecule has 0 aliphatic heterocycles. The molecule has 0 rings (SSSR count). The van der Waals surface area contributed by atoms with Crippen molar-refractivity contribution < 1.29 is 28.6 Å². The molecule has 1 atom stereocenters. The van der Waals surface area contributed by atoms with Crippen molar-refractivity contribution in [3.8, 4) is 0 Å². The van der Waals surface area contributed by atoms with E-state index >= 15 is 0 Å². The van der Waals surface area contributed by atoms with Crippen LogP contribution in [0.2, 0.25) is 0 Å². The maximum absolute atomic E-state index is 12.8. The fourth-order valence-electron chi connectivity index (χ4n) is 10.1. The molecule has 0 radical (unpaired) electrons. The van der Waals surface area contributed by atoms with Gasteiger partial charge in [-0.1, -0.05) is 322 Å². The van der Waals surface area contributed by atoms with Gasteiger partial charge in [-0.15, -0.1) is 0 Å². The summed E-state index contributed by atoms with van der Waals surface area (Å²) in [5.41, 5.74) is 0. The first-order valence-corrected chi connectivity index (χ1v) is 32.7. The van der Waals surface area contributed by atoms with Crippen molar-refractivity contribution in [3.05, 3.63) is 12.2 Å². The molecule has 0 N–H and O–H groups in total. The highest BCUT2D eigenvalue weighted by Crippen LogP contribution is 2.18. The number of ether oxygens (including phenoxy) is 3. The van der Waals surface area contributed by atoms with Gasteiger partial charge in [0.15, 0.2) is 6.10 Å². The number of esters is 3. The number of rotatable bonds is 61. The maximum atomic E-state index is 12.8. The Morgan fingerprint density at radius 3 is 0.694 bits per heavy atom. The van der Waals surface area contributed by atoms with E-state index < -0.39 is 6.10 Å².